The fraction of sp³-hybridized carbons (Fsp3) is 0.500. The van der Waals surface area contributed by atoms with Gasteiger partial charge < -0.3 is 5.11 Å². The van der Waals surface area contributed by atoms with Crippen LogP contribution in [0.5, 0.6) is 0 Å². The quantitative estimate of drug-likeness (QED) is 0.646. The Labute approximate surface area is 93.8 Å². The van der Waals surface area contributed by atoms with Gasteiger partial charge in [0.25, 0.3) is 6.43 Å². The Balaban J connectivity index is 3.41. The van der Waals surface area contributed by atoms with E-state index in [1.807, 2.05) is 0 Å². The molecule has 1 rings (SSSR count). The van der Waals surface area contributed by atoms with Gasteiger partial charge in [-0.25, -0.2) is 18.3 Å². The molecule has 0 aromatic carbocycles. The van der Waals surface area contributed by atoms with Crippen LogP contribution in [-0.4, -0.2) is 25.8 Å². The summed E-state index contributed by atoms with van der Waals surface area (Å²) in [5.74, 6) is -1.31. The summed E-state index contributed by atoms with van der Waals surface area (Å²) in [7, 11) is 0. The number of nitro groups is 1. The summed E-state index contributed by atoms with van der Waals surface area (Å²) in [6.45, 7) is 2.37. The van der Waals surface area contributed by atoms with E-state index >= 15 is 0 Å². The van der Waals surface area contributed by atoms with Crippen LogP contribution in [0.2, 0.25) is 0 Å². The molecule has 0 saturated carbocycles. The summed E-state index contributed by atoms with van der Waals surface area (Å²) < 4.78 is 25.7. The second-order valence-electron chi connectivity index (χ2n) is 3.34. The highest BCUT2D eigenvalue weighted by Gasteiger charge is 2.33. The normalized spacial score (nSPS) is 12.8. The minimum Gasteiger partial charge on any atom is -0.480 e. The third kappa shape index (κ3) is 2.22. The third-order valence-corrected chi connectivity index (χ3v) is 2.26. The van der Waals surface area contributed by atoms with E-state index < -0.39 is 34.7 Å². The van der Waals surface area contributed by atoms with Crippen molar-refractivity contribution in [3.63, 3.8) is 0 Å². The average Bonchev–Trinajstić information content (AvgIpc) is 2.54. The van der Waals surface area contributed by atoms with Gasteiger partial charge >= 0.3 is 11.7 Å². The van der Waals surface area contributed by atoms with E-state index in [0.29, 0.717) is 4.68 Å². The molecule has 0 aliphatic heterocycles. The zero-order chi connectivity index (χ0) is 13.3. The molecular weight excluding hydrogens is 240 g/mol. The molecule has 94 valence electrons. The summed E-state index contributed by atoms with van der Waals surface area (Å²) in [5.41, 5.74) is -2.06. The number of carboxylic acid groups (broad SMARTS) is 1. The van der Waals surface area contributed by atoms with Crippen LogP contribution in [0, 0.1) is 17.0 Å². The third-order valence-electron chi connectivity index (χ3n) is 2.26. The lowest BCUT2D eigenvalue weighted by Crippen LogP contribution is -2.18. The molecule has 0 aliphatic rings. The number of aromatic nitrogens is 2. The number of rotatable bonds is 4. The first-order valence-corrected chi connectivity index (χ1v) is 4.51. The minimum atomic E-state index is -3.13. The average molecular weight is 249 g/mol. The van der Waals surface area contributed by atoms with Crippen LogP contribution in [0.25, 0.3) is 0 Å². The monoisotopic (exact) mass is 249 g/mol. The van der Waals surface area contributed by atoms with Crippen molar-refractivity contribution < 1.29 is 23.6 Å². The van der Waals surface area contributed by atoms with Gasteiger partial charge in [0, 0.05) is 0 Å². The smallest absolute Gasteiger partial charge is 0.328 e. The second-order valence-corrected chi connectivity index (χ2v) is 3.34. The van der Waals surface area contributed by atoms with Crippen molar-refractivity contribution in [3.8, 4) is 0 Å². The molecule has 0 saturated heterocycles. The number of alkyl halides is 2. The van der Waals surface area contributed by atoms with Crippen LogP contribution in [-0.2, 0) is 4.79 Å². The molecule has 0 spiro atoms. The van der Waals surface area contributed by atoms with E-state index in [1.54, 1.807) is 0 Å². The zero-order valence-corrected chi connectivity index (χ0v) is 8.92. The van der Waals surface area contributed by atoms with Crippen LogP contribution in [0.1, 0.15) is 30.8 Å². The highest BCUT2D eigenvalue weighted by atomic mass is 19.3. The van der Waals surface area contributed by atoms with E-state index in [9.17, 15) is 23.7 Å². The van der Waals surface area contributed by atoms with Crippen molar-refractivity contribution in [2.24, 2.45) is 0 Å². The van der Waals surface area contributed by atoms with Crippen molar-refractivity contribution in [1.29, 1.82) is 0 Å². The van der Waals surface area contributed by atoms with Crippen LogP contribution >= 0.6 is 0 Å². The van der Waals surface area contributed by atoms with Gasteiger partial charge in [-0.05, 0) is 13.8 Å². The molecule has 1 atom stereocenters. The Hall–Kier alpha value is -2.06. The Morgan fingerprint density at radius 1 is 1.59 bits per heavy atom. The molecular formula is C8H9F2N3O4. The van der Waals surface area contributed by atoms with Gasteiger partial charge in [-0.2, -0.15) is 5.10 Å². The highest BCUT2D eigenvalue weighted by molar-refractivity contribution is 5.71. The molecule has 1 unspecified atom stereocenters. The summed E-state index contributed by atoms with van der Waals surface area (Å²) in [6.07, 6.45) is -3.13. The van der Waals surface area contributed by atoms with Gasteiger partial charge in [0.15, 0.2) is 0 Å². The largest absolute Gasteiger partial charge is 0.480 e. The number of hydrogen-bond donors (Lipinski definition) is 1. The topological polar surface area (TPSA) is 98.3 Å². The lowest BCUT2D eigenvalue weighted by Gasteiger charge is -2.07. The van der Waals surface area contributed by atoms with Gasteiger partial charge in [-0.3, -0.25) is 10.1 Å². The first kappa shape index (κ1) is 13.0. The Kier molecular flexibility index (Phi) is 3.39. The van der Waals surface area contributed by atoms with Crippen molar-refractivity contribution in [2.75, 3.05) is 0 Å². The molecule has 1 heterocycles. The van der Waals surface area contributed by atoms with Crippen molar-refractivity contribution in [1.82, 2.24) is 9.78 Å². The fourth-order valence-electron chi connectivity index (χ4n) is 1.39. The van der Waals surface area contributed by atoms with Gasteiger partial charge in [0.2, 0.25) is 5.69 Å². The van der Waals surface area contributed by atoms with E-state index in [-0.39, 0.29) is 5.69 Å². The molecule has 1 N–H and O–H groups in total. The summed E-state index contributed by atoms with van der Waals surface area (Å²) in [4.78, 5) is 20.3. The van der Waals surface area contributed by atoms with Crippen LogP contribution in [0.3, 0.4) is 0 Å². The number of carboxylic acids is 1. The molecule has 1 aromatic rings. The maximum absolute atomic E-state index is 12.5. The first-order valence-electron chi connectivity index (χ1n) is 4.51. The standard InChI is InChI=1S/C8H9F2N3O4/c1-3-6(13(16)17)5(7(9)10)11-12(3)4(2)8(14)15/h4,7H,1-2H3,(H,14,15). The van der Waals surface area contributed by atoms with Gasteiger partial charge in [0.1, 0.15) is 11.7 Å². The Morgan fingerprint density at radius 3 is 2.41 bits per heavy atom. The summed E-state index contributed by atoms with van der Waals surface area (Å²) in [5, 5.41) is 22.6. The predicted octanol–water partition coefficient (Wildman–Crippen LogP) is 1.68. The van der Waals surface area contributed by atoms with Crippen LogP contribution < -0.4 is 0 Å². The number of aliphatic carboxylic acids is 1. The molecule has 0 fully saturated rings. The zero-order valence-electron chi connectivity index (χ0n) is 8.92. The summed E-state index contributed by atoms with van der Waals surface area (Å²) in [6, 6.07) is -1.25. The van der Waals surface area contributed by atoms with E-state index in [4.69, 9.17) is 5.11 Å². The Morgan fingerprint density at radius 2 is 2.12 bits per heavy atom. The maximum atomic E-state index is 12.5. The predicted molar refractivity (Wildman–Crippen MR) is 50.9 cm³/mol. The molecule has 0 aliphatic carbocycles. The molecule has 1 aromatic heterocycles. The van der Waals surface area contributed by atoms with Gasteiger partial charge in [0.05, 0.1) is 4.92 Å². The lowest BCUT2D eigenvalue weighted by molar-refractivity contribution is -0.386. The highest BCUT2D eigenvalue weighted by Crippen LogP contribution is 2.32. The molecule has 7 nitrogen and oxygen atoms in total. The van der Waals surface area contributed by atoms with Gasteiger partial charge in [-0.15, -0.1) is 0 Å². The lowest BCUT2D eigenvalue weighted by atomic mass is 10.3. The van der Waals surface area contributed by atoms with E-state index in [1.165, 1.54) is 13.8 Å². The van der Waals surface area contributed by atoms with Gasteiger partial charge in [-0.1, -0.05) is 0 Å². The van der Waals surface area contributed by atoms with Crippen molar-refractivity contribution in [3.05, 3.63) is 21.5 Å². The van der Waals surface area contributed by atoms with Crippen molar-refractivity contribution >= 4 is 11.7 Å². The number of carbonyl (C=O) groups is 1. The second kappa shape index (κ2) is 4.44. The van der Waals surface area contributed by atoms with E-state index in [0.717, 1.165) is 0 Å². The molecule has 17 heavy (non-hydrogen) atoms. The molecule has 0 bridgehead atoms. The van der Waals surface area contributed by atoms with E-state index in [2.05, 4.69) is 5.10 Å². The maximum Gasteiger partial charge on any atom is 0.328 e. The molecule has 9 heteroatoms. The van der Waals surface area contributed by atoms with Crippen LogP contribution in [0.4, 0.5) is 14.5 Å². The summed E-state index contributed by atoms with van der Waals surface area (Å²) >= 11 is 0. The number of hydrogen-bond acceptors (Lipinski definition) is 4. The first-order chi connectivity index (χ1) is 7.77. The molecule has 0 amide bonds. The Bertz CT molecular complexity index is 472. The molecule has 0 radical (unpaired) electrons. The van der Waals surface area contributed by atoms with Crippen molar-refractivity contribution in [2.45, 2.75) is 26.3 Å². The SMILES string of the molecule is Cc1c([N+](=O)[O-])c(C(F)F)nn1C(C)C(=O)O. The number of nitrogens with zero attached hydrogens (tertiary/aromatic N) is 3. The fourth-order valence-corrected chi connectivity index (χ4v) is 1.39. The minimum absolute atomic E-state index is 0.208. The number of halogens is 2. The van der Waals surface area contributed by atoms with Crippen LogP contribution in [0.15, 0.2) is 0 Å².